The van der Waals surface area contributed by atoms with E-state index >= 15 is 0 Å². The normalized spacial score (nSPS) is 17.1. The summed E-state index contributed by atoms with van der Waals surface area (Å²) in [5.41, 5.74) is 3.68. The van der Waals surface area contributed by atoms with Crippen molar-refractivity contribution in [3.8, 4) is 5.75 Å². The quantitative estimate of drug-likeness (QED) is 0.695. The molecule has 1 unspecified atom stereocenters. The van der Waals surface area contributed by atoms with Crippen LogP contribution in [0.5, 0.6) is 5.75 Å². The van der Waals surface area contributed by atoms with E-state index in [4.69, 9.17) is 4.74 Å². The maximum Gasteiger partial charge on any atom is 0.123 e. The highest BCUT2D eigenvalue weighted by atomic mass is 79.9. The summed E-state index contributed by atoms with van der Waals surface area (Å²) in [6, 6.07) is 13.1. The minimum absolute atomic E-state index is 0.0634. The van der Waals surface area contributed by atoms with Crippen LogP contribution in [0.25, 0.3) is 0 Å². The maximum atomic E-state index is 13.0. The summed E-state index contributed by atoms with van der Waals surface area (Å²) in [5, 5.41) is 0. The van der Waals surface area contributed by atoms with Crippen LogP contribution in [0.4, 0.5) is 4.39 Å². The molecule has 21 heavy (non-hydrogen) atoms. The van der Waals surface area contributed by atoms with E-state index in [9.17, 15) is 4.39 Å². The second kappa shape index (κ2) is 5.45. The Hall–Kier alpha value is -1.35. The van der Waals surface area contributed by atoms with Crippen LogP contribution in [0.15, 0.2) is 42.5 Å². The summed E-state index contributed by atoms with van der Waals surface area (Å²) in [6.45, 7) is 5.13. The number of hydrogen-bond donors (Lipinski definition) is 0. The second-order valence-electron chi connectivity index (χ2n) is 6.23. The number of halogens is 2. The Morgan fingerprint density at radius 1 is 1.19 bits per heavy atom. The van der Waals surface area contributed by atoms with Crippen molar-refractivity contribution in [1.29, 1.82) is 0 Å². The summed E-state index contributed by atoms with van der Waals surface area (Å²) in [6.07, 6.45) is 0.834. The second-order valence-corrected chi connectivity index (χ2v) is 7.33. The Bertz CT molecular complexity index is 649. The molecule has 0 bridgehead atoms. The van der Waals surface area contributed by atoms with Crippen molar-refractivity contribution in [2.75, 3.05) is 6.61 Å². The first-order valence-corrected chi connectivity index (χ1v) is 8.03. The predicted molar refractivity (Wildman–Crippen MR) is 86.7 cm³/mol. The monoisotopic (exact) mass is 348 g/mol. The fourth-order valence-corrected chi connectivity index (χ4v) is 3.34. The van der Waals surface area contributed by atoms with Gasteiger partial charge in [0.25, 0.3) is 0 Å². The molecular formula is C18H18BrFO. The van der Waals surface area contributed by atoms with Gasteiger partial charge < -0.3 is 4.74 Å². The van der Waals surface area contributed by atoms with Gasteiger partial charge in [-0.1, -0.05) is 54.0 Å². The summed E-state index contributed by atoms with van der Waals surface area (Å²) < 4.78 is 18.7. The van der Waals surface area contributed by atoms with Gasteiger partial charge in [-0.25, -0.2) is 4.39 Å². The Morgan fingerprint density at radius 2 is 1.90 bits per heavy atom. The van der Waals surface area contributed by atoms with Gasteiger partial charge in [0.1, 0.15) is 11.6 Å². The average molecular weight is 349 g/mol. The fraction of sp³-hybridized carbons (Fsp3) is 0.333. The van der Waals surface area contributed by atoms with E-state index in [-0.39, 0.29) is 16.1 Å². The lowest BCUT2D eigenvalue weighted by Gasteiger charge is -2.17. The lowest BCUT2D eigenvalue weighted by Crippen LogP contribution is -2.18. The molecule has 0 amide bonds. The zero-order chi connectivity index (χ0) is 15.0. The topological polar surface area (TPSA) is 9.23 Å². The first-order chi connectivity index (χ1) is 9.95. The van der Waals surface area contributed by atoms with Crippen LogP contribution < -0.4 is 4.74 Å². The zero-order valence-corrected chi connectivity index (χ0v) is 13.8. The smallest absolute Gasteiger partial charge is 0.123 e. The summed E-state index contributed by atoms with van der Waals surface area (Å²) >= 11 is 3.75. The zero-order valence-electron chi connectivity index (χ0n) is 12.2. The average Bonchev–Trinajstić information content (AvgIpc) is 2.77. The molecule has 1 atom stereocenters. The van der Waals surface area contributed by atoms with Gasteiger partial charge in [-0.3, -0.25) is 0 Å². The van der Waals surface area contributed by atoms with Crippen molar-refractivity contribution < 1.29 is 9.13 Å². The van der Waals surface area contributed by atoms with E-state index in [0.29, 0.717) is 0 Å². The van der Waals surface area contributed by atoms with E-state index in [1.807, 2.05) is 12.1 Å². The molecule has 0 saturated heterocycles. The molecule has 1 aliphatic heterocycles. The van der Waals surface area contributed by atoms with E-state index in [1.54, 1.807) is 0 Å². The minimum atomic E-state index is -0.193. The highest BCUT2D eigenvalue weighted by molar-refractivity contribution is 9.09. The van der Waals surface area contributed by atoms with Gasteiger partial charge in [-0.05, 0) is 35.7 Å². The number of fused-ring (bicyclic) bond motifs is 1. The molecule has 0 radical (unpaired) electrons. The number of rotatable bonds is 3. The third-order valence-electron chi connectivity index (χ3n) is 4.01. The van der Waals surface area contributed by atoms with Crippen LogP contribution in [-0.2, 0) is 11.8 Å². The van der Waals surface area contributed by atoms with Crippen molar-refractivity contribution in [2.45, 2.75) is 30.5 Å². The van der Waals surface area contributed by atoms with Crippen molar-refractivity contribution in [2.24, 2.45) is 0 Å². The number of ether oxygens (including phenoxy) is 1. The lowest BCUT2D eigenvalue weighted by atomic mass is 9.85. The molecule has 0 fully saturated rings. The first-order valence-electron chi connectivity index (χ1n) is 7.11. The van der Waals surface area contributed by atoms with E-state index in [2.05, 4.69) is 48.0 Å². The Labute approximate surface area is 133 Å². The van der Waals surface area contributed by atoms with Crippen molar-refractivity contribution in [3.63, 3.8) is 0 Å². The summed E-state index contributed by atoms with van der Waals surface area (Å²) in [5.74, 6) is 0.798. The van der Waals surface area contributed by atoms with E-state index in [1.165, 1.54) is 23.3 Å². The van der Waals surface area contributed by atoms with E-state index < -0.39 is 0 Å². The summed E-state index contributed by atoms with van der Waals surface area (Å²) in [4.78, 5) is 0.213. The van der Waals surface area contributed by atoms with Gasteiger partial charge in [0, 0.05) is 15.8 Å². The van der Waals surface area contributed by atoms with Gasteiger partial charge in [0.05, 0.1) is 6.61 Å². The molecule has 3 rings (SSSR count). The fourth-order valence-electron chi connectivity index (χ4n) is 2.68. The van der Waals surface area contributed by atoms with Crippen LogP contribution in [0.1, 0.15) is 35.4 Å². The highest BCUT2D eigenvalue weighted by Crippen LogP contribution is 2.41. The molecule has 0 N–H and O–H groups in total. The summed E-state index contributed by atoms with van der Waals surface area (Å²) in [7, 11) is 0. The minimum Gasteiger partial charge on any atom is -0.492 e. The highest BCUT2D eigenvalue weighted by Gasteiger charge is 2.32. The standard InChI is InChI=1S/C18H18BrFO/c1-18(2)11-21-17-8-5-13(10-15(17)18)16(19)9-12-3-6-14(20)7-4-12/h3-8,10,16H,9,11H2,1-2H3. The molecule has 0 aromatic heterocycles. The van der Waals surface area contributed by atoms with Gasteiger partial charge in [-0.2, -0.15) is 0 Å². The molecule has 110 valence electrons. The molecule has 0 aliphatic carbocycles. The Balaban J connectivity index is 1.82. The number of alkyl halides is 1. The van der Waals surface area contributed by atoms with Crippen LogP contribution in [0.3, 0.4) is 0 Å². The van der Waals surface area contributed by atoms with E-state index in [0.717, 1.165) is 24.3 Å². The largest absolute Gasteiger partial charge is 0.492 e. The van der Waals surface area contributed by atoms with Crippen molar-refractivity contribution >= 4 is 15.9 Å². The third-order valence-corrected chi connectivity index (χ3v) is 4.86. The molecule has 0 spiro atoms. The van der Waals surface area contributed by atoms with Crippen LogP contribution in [0.2, 0.25) is 0 Å². The van der Waals surface area contributed by atoms with Gasteiger partial charge in [0.15, 0.2) is 0 Å². The van der Waals surface area contributed by atoms with Gasteiger partial charge >= 0.3 is 0 Å². The lowest BCUT2D eigenvalue weighted by molar-refractivity contribution is 0.291. The van der Waals surface area contributed by atoms with Crippen molar-refractivity contribution in [3.05, 3.63) is 65.0 Å². The van der Waals surface area contributed by atoms with Crippen molar-refractivity contribution in [1.82, 2.24) is 0 Å². The molecule has 1 heterocycles. The van der Waals surface area contributed by atoms with Crippen LogP contribution in [0, 0.1) is 5.82 Å². The van der Waals surface area contributed by atoms with Gasteiger partial charge in [-0.15, -0.1) is 0 Å². The Kier molecular flexibility index (Phi) is 3.78. The predicted octanol–water partition coefficient (Wildman–Crippen LogP) is 5.17. The molecule has 3 heteroatoms. The molecule has 0 saturated carbocycles. The van der Waals surface area contributed by atoms with Crippen LogP contribution in [-0.4, -0.2) is 6.61 Å². The maximum absolute atomic E-state index is 13.0. The first kappa shape index (κ1) is 14.6. The molecule has 1 aliphatic rings. The molecule has 1 nitrogen and oxygen atoms in total. The SMILES string of the molecule is CC1(C)COc2ccc(C(Br)Cc3ccc(F)cc3)cc21. The Morgan fingerprint density at radius 3 is 2.62 bits per heavy atom. The third kappa shape index (κ3) is 2.98. The number of hydrogen-bond acceptors (Lipinski definition) is 1. The molecule has 2 aromatic carbocycles. The van der Waals surface area contributed by atoms with Crippen LogP contribution >= 0.6 is 15.9 Å². The van der Waals surface area contributed by atoms with Gasteiger partial charge in [0.2, 0.25) is 0 Å². The molecular weight excluding hydrogens is 331 g/mol. The molecule has 2 aromatic rings. The number of benzene rings is 2.